The lowest BCUT2D eigenvalue weighted by atomic mass is 9.93. The van der Waals surface area contributed by atoms with E-state index in [0.29, 0.717) is 21.5 Å². The third kappa shape index (κ3) is 2.98. The SMILES string of the molecule is O=C1NC(=O)N(C2CCCCC2)C(=O)C1=Cc1cc2c(cc1Br)OCO2. The van der Waals surface area contributed by atoms with Crippen LogP contribution in [0.2, 0.25) is 0 Å². The van der Waals surface area contributed by atoms with E-state index in [-0.39, 0.29) is 18.4 Å². The Kier molecular flexibility index (Phi) is 4.44. The molecule has 1 aromatic carbocycles. The molecule has 0 spiro atoms. The molecule has 4 rings (SSSR count). The number of hydrogen-bond acceptors (Lipinski definition) is 5. The second-order valence-electron chi connectivity index (χ2n) is 6.51. The normalized spacial score (nSPS) is 22.1. The van der Waals surface area contributed by atoms with Gasteiger partial charge in [-0.05, 0) is 36.6 Å². The minimum Gasteiger partial charge on any atom is -0.454 e. The Labute approximate surface area is 158 Å². The summed E-state index contributed by atoms with van der Waals surface area (Å²) in [7, 11) is 0. The first kappa shape index (κ1) is 17.1. The largest absolute Gasteiger partial charge is 0.454 e. The minimum atomic E-state index is -0.684. The Hall–Kier alpha value is -2.35. The lowest BCUT2D eigenvalue weighted by molar-refractivity contribution is -0.132. The molecule has 26 heavy (non-hydrogen) atoms. The van der Waals surface area contributed by atoms with Crippen LogP contribution < -0.4 is 14.8 Å². The lowest BCUT2D eigenvalue weighted by Crippen LogP contribution is -2.58. The number of fused-ring (bicyclic) bond motifs is 1. The summed E-state index contributed by atoms with van der Waals surface area (Å²) in [5.41, 5.74) is 0.542. The summed E-state index contributed by atoms with van der Waals surface area (Å²) in [5, 5.41) is 2.29. The van der Waals surface area contributed by atoms with E-state index < -0.39 is 17.8 Å². The molecule has 1 aromatic rings. The number of amides is 4. The third-order valence-electron chi connectivity index (χ3n) is 4.86. The van der Waals surface area contributed by atoms with Crippen LogP contribution in [-0.4, -0.2) is 35.6 Å². The highest BCUT2D eigenvalue weighted by atomic mass is 79.9. The Morgan fingerprint density at radius 1 is 1.08 bits per heavy atom. The van der Waals surface area contributed by atoms with E-state index in [1.807, 2.05) is 0 Å². The molecule has 8 heteroatoms. The monoisotopic (exact) mass is 420 g/mol. The molecule has 2 heterocycles. The molecule has 2 aliphatic heterocycles. The number of barbiturate groups is 1. The Balaban J connectivity index is 1.68. The van der Waals surface area contributed by atoms with E-state index in [1.165, 1.54) is 11.0 Å². The molecular weight excluding hydrogens is 404 g/mol. The van der Waals surface area contributed by atoms with Crippen LogP contribution in [0.5, 0.6) is 11.5 Å². The Morgan fingerprint density at radius 3 is 2.50 bits per heavy atom. The number of imide groups is 2. The average Bonchev–Trinajstić information content (AvgIpc) is 3.06. The molecule has 4 amide bonds. The predicted molar refractivity (Wildman–Crippen MR) is 95.5 cm³/mol. The zero-order valence-electron chi connectivity index (χ0n) is 13.9. The highest BCUT2D eigenvalue weighted by molar-refractivity contribution is 9.10. The van der Waals surface area contributed by atoms with Gasteiger partial charge in [-0.15, -0.1) is 0 Å². The molecule has 0 radical (unpaired) electrons. The lowest BCUT2D eigenvalue weighted by Gasteiger charge is -2.35. The maximum atomic E-state index is 12.9. The first-order chi connectivity index (χ1) is 12.5. The molecule has 1 saturated heterocycles. The van der Waals surface area contributed by atoms with Gasteiger partial charge in [-0.25, -0.2) is 4.79 Å². The van der Waals surface area contributed by atoms with E-state index in [2.05, 4.69) is 21.2 Å². The van der Waals surface area contributed by atoms with Crippen LogP contribution in [-0.2, 0) is 9.59 Å². The van der Waals surface area contributed by atoms with Crippen molar-refractivity contribution in [3.8, 4) is 11.5 Å². The molecule has 0 atom stereocenters. The fraction of sp³-hybridized carbons (Fsp3) is 0.389. The molecule has 136 valence electrons. The minimum absolute atomic E-state index is 0.0604. The van der Waals surface area contributed by atoms with Gasteiger partial charge in [-0.1, -0.05) is 35.2 Å². The number of nitrogens with one attached hydrogen (secondary N) is 1. The molecule has 1 aliphatic carbocycles. The van der Waals surface area contributed by atoms with Crippen molar-refractivity contribution in [2.75, 3.05) is 6.79 Å². The number of urea groups is 1. The molecule has 2 fully saturated rings. The number of nitrogens with zero attached hydrogens (tertiary/aromatic N) is 1. The number of ether oxygens (including phenoxy) is 2. The molecule has 3 aliphatic rings. The fourth-order valence-electron chi connectivity index (χ4n) is 3.54. The van der Waals surface area contributed by atoms with Gasteiger partial charge in [0.05, 0.1) is 0 Å². The molecule has 1 saturated carbocycles. The van der Waals surface area contributed by atoms with Gasteiger partial charge in [0.1, 0.15) is 5.57 Å². The number of carbonyl (C=O) groups is 3. The standard InChI is InChI=1S/C18H17BrN2O5/c19-13-8-15-14(25-9-26-15)7-10(13)6-12-16(22)20-18(24)21(17(12)23)11-4-2-1-3-5-11/h6-8,11H,1-5,9H2,(H,20,22,24). The fourth-order valence-corrected chi connectivity index (χ4v) is 3.98. The van der Waals surface area contributed by atoms with Gasteiger partial charge >= 0.3 is 6.03 Å². The van der Waals surface area contributed by atoms with E-state index in [0.717, 1.165) is 32.1 Å². The number of carbonyl (C=O) groups excluding carboxylic acids is 3. The van der Waals surface area contributed by atoms with Crippen molar-refractivity contribution in [2.45, 2.75) is 38.1 Å². The zero-order valence-corrected chi connectivity index (χ0v) is 15.5. The summed E-state index contributed by atoms with van der Waals surface area (Å²) >= 11 is 3.42. The maximum Gasteiger partial charge on any atom is 0.331 e. The van der Waals surface area contributed by atoms with Crippen LogP contribution in [0.25, 0.3) is 6.08 Å². The summed E-state index contributed by atoms with van der Waals surface area (Å²) < 4.78 is 11.3. The molecule has 7 nitrogen and oxygen atoms in total. The van der Waals surface area contributed by atoms with E-state index in [9.17, 15) is 14.4 Å². The smallest absolute Gasteiger partial charge is 0.331 e. The van der Waals surface area contributed by atoms with Crippen molar-refractivity contribution in [1.82, 2.24) is 10.2 Å². The van der Waals surface area contributed by atoms with Crippen LogP contribution in [0.1, 0.15) is 37.7 Å². The quantitative estimate of drug-likeness (QED) is 0.587. The number of halogens is 1. The van der Waals surface area contributed by atoms with Crippen molar-refractivity contribution in [1.29, 1.82) is 0 Å². The van der Waals surface area contributed by atoms with Gasteiger partial charge in [-0.2, -0.15) is 0 Å². The van der Waals surface area contributed by atoms with Gasteiger partial charge in [-0.3, -0.25) is 19.8 Å². The summed E-state index contributed by atoms with van der Waals surface area (Å²) in [6, 6.07) is 2.63. The van der Waals surface area contributed by atoms with E-state index >= 15 is 0 Å². The Morgan fingerprint density at radius 2 is 1.77 bits per heavy atom. The highest BCUT2D eigenvalue weighted by Gasteiger charge is 2.40. The van der Waals surface area contributed by atoms with Crippen LogP contribution in [0, 0.1) is 0 Å². The van der Waals surface area contributed by atoms with Crippen molar-refractivity contribution in [3.63, 3.8) is 0 Å². The molecule has 0 aromatic heterocycles. The van der Waals surface area contributed by atoms with Gasteiger partial charge in [0.2, 0.25) is 6.79 Å². The summed E-state index contributed by atoms with van der Waals surface area (Å²) in [6.45, 7) is 0.130. The van der Waals surface area contributed by atoms with Crippen LogP contribution >= 0.6 is 15.9 Å². The summed E-state index contributed by atoms with van der Waals surface area (Å²) in [4.78, 5) is 38.6. The number of hydrogen-bond donors (Lipinski definition) is 1. The molecule has 0 unspecified atom stereocenters. The highest BCUT2D eigenvalue weighted by Crippen LogP contribution is 2.38. The topological polar surface area (TPSA) is 84.9 Å². The van der Waals surface area contributed by atoms with E-state index in [1.54, 1.807) is 12.1 Å². The molecular formula is C18H17BrN2O5. The van der Waals surface area contributed by atoms with Crippen molar-refractivity contribution in [3.05, 3.63) is 27.7 Å². The summed E-state index contributed by atoms with van der Waals surface area (Å²) in [6.07, 6.45) is 6.07. The van der Waals surface area contributed by atoms with Crippen molar-refractivity contribution < 1.29 is 23.9 Å². The van der Waals surface area contributed by atoms with Gasteiger partial charge in [0, 0.05) is 10.5 Å². The number of benzene rings is 1. The molecule has 0 bridgehead atoms. The summed E-state index contributed by atoms with van der Waals surface area (Å²) in [5.74, 6) is -0.0896. The predicted octanol–water partition coefficient (Wildman–Crippen LogP) is 2.97. The van der Waals surface area contributed by atoms with E-state index in [4.69, 9.17) is 9.47 Å². The van der Waals surface area contributed by atoms with Gasteiger partial charge in [0.15, 0.2) is 11.5 Å². The third-order valence-corrected chi connectivity index (χ3v) is 5.55. The van der Waals surface area contributed by atoms with Crippen LogP contribution in [0.15, 0.2) is 22.2 Å². The zero-order chi connectivity index (χ0) is 18.3. The maximum absolute atomic E-state index is 12.9. The van der Waals surface area contributed by atoms with Crippen molar-refractivity contribution in [2.24, 2.45) is 0 Å². The molecule has 1 N–H and O–H groups in total. The van der Waals surface area contributed by atoms with Gasteiger partial charge in [0.25, 0.3) is 11.8 Å². The number of rotatable bonds is 2. The second-order valence-corrected chi connectivity index (χ2v) is 7.37. The second kappa shape index (κ2) is 6.75. The van der Waals surface area contributed by atoms with Crippen LogP contribution in [0.3, 0.4) is 0 Å². The van der Waals surface area contributed by atoms with Crippen LogP contribution in [0.4, 0.5) is 4.79 Å². The first-order valence-electron chi connectivity index (χ1n) is 8.54. The first-order valence-corrected chi connectivity index (χ1v) is 9.33. The average molecular weight is 421 g/mol. The van der Waals surface area contributed by atoms with Crippen molar-refractivity contribution >= 4 is 39.9 Å². The Bertz CT molecular complexity index is 829. The van der Waals surface area contributed by atoms with Gasteiger partial charge < -0.3 is 9.47 Å².